The zero-order chi connectivity index (χ0) is 8.27. The molecular formula is C8H12INO. The van der Waals surface area contributed by atoms with Crippen LogP contribution in [-0.2, 0) is 4.79 Å². The SMILES string of the molecule is CCCCC1=NC(=O)CC1I. The van der Waals surface area contributed by atoms with Crippen LogP contribution in [0.5, 0.6) is 0 Å². The second-order valence-electron chi connectivity index (χ2n) is 2.77. The molecule has 1 amide bonds. The quantitative estimate of drug-likeness (QED) is 0.569. The number of nitrogens with zero attached hydrogens (tertiary/aromatic N) is 1. The molecule has 0 radical (unpaired) electrons. The van der Waals surface area contributed by atoms with Gasteiger partial charge in [-0.2, -0.15) is 0 Å². The van der Waals surface area contributed by atoms with E-state index in [1.165, 1.54) is 6.42 Å². The minimum atomic E-state index is 0.0653. The zero-order valence-electron chi connectivity index (χ0n) is 6.64. The fourth-order valence-corrected chi connectivity index (χ4v) is 1.94. The maximum Gasteiger partial charge on any atom is 0.247 e. The van der Waals surface area contributed by atoms with Crippen molar-refractivity contribution in [3.63, 3.8) is 0 Å². The standard InChI is InChI=1S/C8H12INO/c1-2-3-4-7-6(9)5-8(11)10-7/h6H,2-5H2,1H3. The lowest BCUT2D eigenvalue weighted by atomic mass is 10.1. The summed E-state index contributed by atoms with van der Waals surface area (Å²) in [6, 6.07) is 0. The van der Waals surface area contributed by atoms with Crippen LogP contribution >= 0.6 is 22.6 Å². The first-order chi connectivity index (χ1) is 5.24. The number of rotatable bonds is 3. The van der Waals surface area contributed by atoms with Crippen molar-refractivity contribution in [3.8, 4) is 0 Å². The molecule has 0 aromatic rings. The van der Waals surface area contributed by atoms with Crippen LogP contribution < -0.4 is 0 Å². The molecule has 0 fully saturated rings. The minimum absolute atomic E-state index is 0.0653. The molecule has 0 N–H and O–H groups in total. The number of unbranched alkanes of at least 4 members (excludes halogenated alkanes) is 1. The van der Waals surface area contributed by atoms with Gasteiger partial charge in [-0.05, 0) is 12.8 Å². The van der Waals surface area contributed by atoms with E-state index >= 15 is 0 Å². The largest absolute Gasteiger partial charge is 0.273 e. The van der Waals surface area contributed by atoms with Gasteiger partial charge in [0.15, 0.2) is 0 Å². The number of hydrogen-bond acceptors (Lipinski definition) is 1. The van der Waals surface area contributed by atoms with Crippen LogP contribution in [0.2, 0.25) is 0 Å². The lowest BCUT2D eigenvalue weighted by Crippen LogP contribution is -2.07. The summed E-state index contributed by atoms with van der Waals surface area (Å²) >= 11 is 2.30. The molecule has 62 valence electrons. The van der Waals surface area contributed by atoms with Gasteiger partial charge in [-0.1, -0.05) is 35.9 Å². The Labute approximate surface area is 80.6 Å². The zero-order valence-corrected chi connectivity index (χ0v) is 8.80. The Morgan fingerprint density at radius 2 is 2.45 bits per heavy atom. The van der Waals surface area contributed by atoms with E-state index in [1.54, 1.807) is 0 Å². The summed E-state index contributed by atoms with van der Waals surface area (Å²) in [5.74, 6) is 0.0653. The molecule has 0 saturated carbocycles. The van der Waals surface area contributed by atoms with Gasteiger partial charge in [-0.15, -0.1) is 0 Å². The van der Waals surface area contributed by atoms with E-state index in [1.807, 2.05) is 0 Å². The molecule has 1 atom stereocenters. The molecule has 0 aromatic heterocycles. The molecule has 1 aliphatic rings. The Balaban J connectivity index is 2.43. The fraction of sp³-hybridized carbons (Fsp3) is 0.750. The molecule has 1 aliphatic heterocycles. The van der Waals surface area contributed by atoms with Crippen molar-refractivity contribution >= 4 is 34.2 Å². The van der Waals surface area contributed by atoms with Gasteiger partial charge >= 0.3 is 0 Å². The summed E-state index contributed by atoms with van der Waals surface area (Å²) in [4.78, 5) is 14.8. The highest BCUT2D eigenvalue weighted by atomic mass is 127. The lowest BCUT2D eigenvalue weighted by molar-refractivity contribution is -0.116. The molecule has 0 saturated heterocycles. The number of amides is 1. The number of hydrogen-bond donors (Lipinski definition) is 0. The van der Waals surface area contributed by atoms with Crippen LogP contribution in [0.4, 0.5) is 0 Å². The molecule has 11 heavy (non-hydrogen) atoms. The predicted molar refractivity (Wildman–Crippen MR) is 54.4 cm³/mol. The number of aliphatic imine (C=N–C) groups is 1. The van der Waals surface area contributed by atoms with Crippen LogP contribution in [0.1, 0.15) is 32.6 Å². The Morgan fingerprint density at radius 1 is 1.73 bits per heavy atom. The highest BCUT2D eigenvalue weighted by Crippen LogP contribution is 2.19. The average molecular weight is 265 g/mol. The lowest BCUT2D eigenvalue weighted by Gasteiger charge is -2.01. The van der Waals surface area contributed by atoms with Crippen molar-refractivity contribution in [1.82, 2.24) is 0 Å². The molecule has 0 spiro atoms. The molecular weight excluding hydrogens is 253 g/mol. The summed E-state index contributed by atoms with van der Waals surface area (Å²) in [5, 5.41) is 0. The first kappa shape index (κ1) is 9.16. The second kappa shape index (κ2) is 4.18. The third kappa shape index (κ3) is 2.54. The van der Waals surface area contributed by atoms with Gasteiger partial charge in [0.25, 0.3) is 0 Å². The topological polar surface area (TPSA) is 29.4 Å². The Kier molecular flexibility index (Phi) is 3.48. The third-order valence-corrected chi connectivity index (χ3v) is 2.93. The van der Waals surface area contributed by atoms with Gasteiger partial charge in [0.05, 0.1) is 3.92 Å². The van der Waals surface area contributed by atoms with E-state index in [2.05, 4.69) is 34.5 Å². The summed E-state index contributed by atoms with van der Waals surface area (Å²) in [7, 11) is 0. The summed E-state index contributed by atoms with van der Waals surface area (Å²) in [5.41, 5.74) is 1.11. The van der Waals surface area contributed by atoms with E-state index in [0.717, 1.165) is 18.6 Å². The van der Waals surface area contributed by atoms with Gasteiger partial charge in [-0.25, -0.2) is 4.99 Å². The fourth-order valence-electron chi connectivity index (χ4n) is 1.12. The minimum Gasteiger partial charge on any atom is -0.273 e. The summed E-state index contributed by atoms with van der Waals surface area (Å²) in [6.45, 7) is 2.15. The Hall–Kier alpha value is 0.0700. The predicted octanol–water partition coefficient (Wildman–Crippen LogP) is 2.35. The van der Waals surface area contributed by atoms with E-state index in [0.29, 0.717) is 10.3 Å². The smallest absolute Gasteiger partial charge is 0.247 e. The van der Waals surface area contributed by atoms with Crippen LogP contribution in [-0.4, -0.2) is 15.5 Å². The van der Waals surface area contributed by atoms with Crippen molar-refractivity contribution in [1.29, 1.82) is 0 Å². The maximum absolute atomic E-state index is 10.8. The van der Waals surface area contributed by atoms with Gasteiger partial charge in [0.1, 0.15) is 0 Å². The van der Waals surface area contributed by atoms with Gasteiger partial charge in [0.2, 0.25) is 5.91 Å². The summed E-state index contributed by atoms with van der Waals surface area (Å²) in [6.07, 6.45) is 3.97. The van der Waals surface area contributed by atoms with Crippen molar-refractivity contribution in [3.05, 3.63) is 0 Å². The molecule has 3 heteroatoms. The molecule has 0 aromatic carbocycles. The Bertz CT molecular complexity index is 189. The van der Waals surface area contributed by atoms with Gasteiger partial charge < -0.3 is 0 Å². The highest BCUT2D eigenvalue weighted by Gasteiger charge is 2.22. The van der Waals surface area contributed by atoms with E-state index < -0.39 is 0 Å². The van der Waals surface area contributed by atoms with Crippen molar-refractivity contribution in [2.45, 2.75) is 36.5 Å². The second-order valence-corrected chi connectivity index (χ2v) is 4.28. The average Bonchev–Trinajstić information content (AvgIpc) is 2.26. The van der Waals surface area contributed by atoms with E-state index in [9.17, 15) is 4.79 Å². The first-order valence-corrected chi connectivity index (χ1v) is 5.23. The number of carbonyl (C=O) groups is 1. The molecule has 0 bridgehead atoms. The van der Waals surface area contributed by atoms with Crippen molar-refractivity contribution in [2.75, 3.05) is 0 Å². The molecule has 1 rings (SSSR count). The van der Waals surface area contributed by atoms with Crippen LogP contribution in [0, 0.1) is 0 Å². The Morgan fingerprint density at radius 3 is 2.91 bits per heavy atom. The number of carbonyl (C=O) groups excluding carboxylic acids is 1. The van der Waals surface area contributed by atoms with E-state index in [4.69, 9.17) is 0 Å². The highest BCUT2D eigenvalue weighted by molar-refractivity contribution is 14.1. The van der Waals surface area contributed by atoms with E-state index in [-0.39, 0.29) is 5.91 Å². The van der Waals surface area contributed by atoms with Crippen molar-refractivity contribution in [2.24, 2.45) is 4.99 Å². The summed E-state index contributed by atoms with van der Waals surface area (Å²) < 4.78 is 0.381. The molecule has 1 unspecified atom stereocenters. The number of alkyl halides is 1. The monoisotopic (exact) mass is 265 g/mol. The number of halogens is 1. The first-order valence-electron chi connectivity index (χ1n) is 3.98. The maximum atomic E-state index is 10.8. The van der Waals surface area contributed by atoms with Crippen LogP contribution in [0.3, 0.4) is 0 Å². The molecule has 0 aliphatic carbocycles. The third-order valence-electron chi connectivity index (χ3n) is 1.77. The normalized spacial score (nSPS) is 24.0. The van der Waals surface area contributed by atoms with Crippen LogP contribution in [0.15, 0.2) is 4.99 Å². The van der Waals surface area contributed by atoms with Crippen molar-refractivity contribution < 1.29 is 4.79 Å². The molecule has 2 nitrogen and oxygen atoms in total. The van der Waals surface area contributed by atoms with Gasteiger partial charge in [-0.3, -0.25) is 4.79 Å². The van der Waals surface area contributed by atoms with Gasteiger partial charge in [0, 0.05) is 12.1 Å². The molecule has 1 heterocycles. The van der Waals surface area contributed by atoms with Crippen LogP contribution in [0.25, 0.3) is 0 Å².